The lowest BCUT2D eigenvalue weighted by atomic mass is 10.3. The van der Waals surface area contributed by atoms with Gasteiger partial charge >= 0.3 is 0 Å². The molecule has 1 aromatic rings. The van der Waals surface area contributed by atoms with Crippen molar-refractivity contribution >= 4 is 15.9 Å². The lowest BCUT2D eigenvalue weighted by molar-refractivity contribution is 0.338. The zero-order chi connectivity index (χ0) is 9.40. The van der Waals surface area contributed by atoms with E-state index in [4.69, 9.17) is 4.74 Å². The third-order valence-corrected chi connectivity index (χ3v) is 1.79. The van der Waals surface area contributed by atoms with Gasteiger partial charge in [0.25, 0.3) is 0 Å². The normalized spacial score (nSPS) is 8.33. The van der Waals surface area contributed by atoms with Crippen LogP contribution in [0.3, 0.4) is 0 Å². The molecule has 0 aliphatic rings. The SMILES string of the molecule is CC.CCOc1ccccc1Br. The predicted molar refractivity (Wildman–Crippen MR) is 56.7 cm³/mol. The molecule has 0 amide bonds. The third-order valence-electron chi connectivity index (χ3n) is 1.14. The van der Waals surface area contributed by atoms with E-state index in [-0.39, 0.29) is 0 Å². The van der Waals surface area contributed by atoms with Crippen molar-refractivity contribution in [1.82, 2.24) is 0 Å². The summed E-state index contributed by atoms with van der Waals surface area (Å²) in [6.45, 7) is 6.68. The molecule has 1 nitrogen and oxygen atoms in total. The highest BCUT2D eigenvalue weighted by Gasteiger charge is 1.94. The first kappa shape index (κ1) is 11.5. The van der Waals surface area contributed by atoms with Gasteiger partial charge in [-0.25, -0.2) is 0 Å². The molecule has 0 radical (unpaired) electrons. The number of ether oxygens (including phenoxy) is 1. The number of hydrogen-bond acceptors (Lipinski definition) is 1. The molecule has 0 spiro atoms. The van der Waals surface area contributed by atoms with Crippen LogP contribution in [-0.2, 0) is 0 Å². The van der Waals surface area contributed by atoms with Crippen LogP contribution in [0.2, 0.25) is 0 Å². The molecule has 2 heteroatoms. The Morgan fingerprint density at radius 2 is 1.83 bits per heavy atom. The topological polar surface area (TPSA) is 9.23 Å². The van der Waals surface area contributed by atoms with Gasteiger partial charge in [0.05, 0.1) is 11.1 Å². The third kappa shape index (κ3) is 3.77. The molecule has 0 aromatic heterocycles. The van der Waals surface area contributed by atoms with Crippen LogP contribution in [0.1, 0.15) is 20.8 Å². The Labute approximate surface area is 82.9 Å². The van der Waals surface area contributed by atoms with Crippen molar-refractivity contribution in [3.63, 3.8) is 0 Å². The molecular formula is C10H15BrO. The summed E-state index contributed by atoms with van der Waals surface area (Å²) in [5.74, 6) is 0.907. The van der Waals surface area contributed by atoms with E-state index in [9.17, 15) is 0 Å². The maximum atomic E-state index is 5.29. The van der Waals surface area contributed by atoms with Crippen LogP contribution < -0.4 is 4.74 Å². The molecule has 1 rings (SSSR count). The Hall–Kier alpha value is -0.500. The van der Waals surface area contributed by atoms with Crippen molar-refractivity contribution < 1.29 is 4.74 Å². The summed E-state index contributed by atoms with van der Waals surface area (Å²) in [6.07, 6.45) is 0. The van der Waals surface area contributed by atoms with Crippen LogP contribution in [-0.4, -0.2) is 6.61 Å². The van der Waals surface area contributed by atoms with Gasteiger partial charge in [0.1, 0.15) is 5.75 Å². The van der Waals surface area contributed by atoms with Gasteiger partial charge in [0.2, 0.25) is 0 Å². The van der Waals surface area contributed by atoms with Gasteiger partial charge < -0.3 is 4.74 Å². The van der Waals surface area contributed by atoms with Crippen molar-refractivity contribution in [2.75, 3.05) is 6.61 Å². The van der Waals surface area contributed by atoms with Crippen LogP contribution in [0.5, 0.6) is 5.75 Å². The summed E-state index contributed by atoms with van der Waals surface area (Å²) < 4.78 is 6.30. The Balaban J connectivity index is 0.000000561. The molecule has 1 aromatic carbocycles. The maximum absolute atomic E-state index is 5.29. The average molecular weight is 231 g/mol. The Kier molecular flexibility index (Phi) is 6.87. The monoisotopic (exact) mass is 230 g/mol. The van der Waals surface area contributed by atoms with Crippen LogP contribution in [0.4, 0.5) is 0 Å². The van der Waals surface area contributed by atoms with Gasteiger partial charge in [0.15, 0.2) is 0 Å². The quantitative estimate of drug-likeness (QED) is 0.750. The number of rotatable bonds is 2. The molecule has 0 aliphatic heterocycles. The average Bonchev–Trinajstić information content (AvgIpc) is 2.13. The largest absolute Gasteiger partial charge is 0.493 e. The van der Waals surface area contributed by atoms with E-state index in [1.54, 1.807) is 0 Å². The fraction of sp³-hybridized carbons (Fsp3) is 0.400. The molecule has 0 aliphatic carbocycles. The van der Waals surface area contributed by atoms with Crippen molar-refractivity contribution in [2.45, 2.75) is 20.8 Å². The zero-order valence-electron chi connectivity index (χ0n) is 7.80. The van der Waals surface area contributed by atoms with Gasteiger partial charge in [-0.15, -0.1) is 0 Å². The summed E-state index contributed by atoms with van der Waals surface area (Å²) in [7, 11) is 0. The lowest BCUT2D eigenvalue weighted by Crippen LogP contribution is -1.91. The highest BCUT2D eigenvalue weighted by molar-refractivity contribution is 9.10. The fourth-order valence-electron chi connectivity index (χ4n) is 0.717. The Morgan fingerprint density at radius 3 is 2.33 bits per heavy atom. The molecule has 0 bridgehead atoms. The van der Waals surface area contributed by atoms with E-state index in [1.807, 2.05) is 45.0 Å². The molecule has 0 unspecified atom stereocenters. The van der Waals surface area contributed by atoms with Crippen LogP contribution in [0.15, 0.2) is 28.7 Å². The van der Waals surface area contributed by atoms with Gasteiger partial charge in [0, 0.05) is 0 Å². The summed E-state index contributed by atoms with van der Waals surface area (Å²) >= 11 is 3.37. The van der Waals surface area contributed by atoms with E-state index >= 15 is 0 Å². The molecule has 0 saturated heterocycles. The van der Waals surface area contributed by atoms with Gasteiger partial charge in [-0.05, 0) is 35.0 Å². The van der Waals surface area contributed by atoms with Crippen molar-refractivity contribution in [2.24, 2.45) is 0 Å². The van der Waals surface area contributed by atoms with E-state index in [0.717, 1.165) is 10.2 Å². The molecular weight excluding hydrogens is 216 g/mol. The van der Waals surface area contributed by atoms with E-state index in [2.05, 4.69) is 15.9 Å². The molecule has 0 atom stereocenters. The van der Waals surface area contributed by atoms with E-state index in [1.165, 1.54) is 0 Å². The van der Waals surface area contributed by atoms with Crippen molar-refractivity contribution in [3.8, 4) is 5.75 Å². The highest BCUT2D eigenvalue weighted by Crippen LogP contribution is 2.23. The van der Waals surface area contributed by atoms with E-state index < -0.39 is 0 Å². The minimum absolute atomic E-state index is 0.711. The fourth-order valence-corrected chi connectivity index (χ4v) is 1.12. The number of benzene rings is 1. The first-order valence-electron chi connectivity index (χ1n) is 4.22. The molecule has 0 fully saturated rings. The number of halogens is 1. The van der Waals surface area contributed by atoms with E-state index in [0.29, 0.717) is 6.61 Å². The first-order chi connectivity index (χ1) is 5.84. The predicted octanol–water partition coefficient (Wildman–Crippen LogP) is 3.87. The summed E-state index contributed by atoms with van der Waals surface area (Å²) in [4.78, 5) is 0. The Bertz CT molecular complexity index is 211. The van der Waals surface area contributed by atoms with Gasteiger partial charge in [-0.1, -0.05) is 26.0 Å². The molecule has 0 saturated carbocycles. The van der Waals surface area contributed by atoms with Crippen LogP contribution in [0, 0.1) is 0 Å². The van der Waals surface area contributed by atoms with Gasteiger partial charge in [-0.2, -0.15) is 0 Å². The minimum Gasteiger partial charge on any atom is -0.493 e. The van der Waals surface area contributed by atoms with Crippen LogP contribution in [0.25, 0.3) is 0 Å². The summed E-state index contributed by atoms with van der Waals surface area (Å²) in [5, 5.41) is 0. The molecule has 0 N–H and O–H groups in total. The second kappa shape index (κ2) is 7.17. The minimum atomic E-state index is 0.711. The molecule has 68 valence electrons. The summed E-state index contributed by atoms with van der Waals surface area (Å²) in [6, 6.07) is 7.82. The summed E-state index contributed by atoms with van der Waals surface area (Å²) in [5.41, 5.74) is 0. The number of para-hydroxylation sites is 1. The lowest BCUT2D eigenvalue weighted by Gasteiger charge is -2.03. The standard InChI is InChI=1S/C8H9BrO.C2H6/c1-2-10-8-6-4-3-5-7(8)9;1-2/h3-6H,2H2,1H3;1-2H3. The van der Waals surface area contributed by atoms with Crippen LogP contribution >= 0.6 is 15.9 Å². The Morgan fingerprint density at radius 1 is 1.25 bits per heavy atom. The van der Waals surface area contributed by atoms with Crippen molar-refractivity contribution in [1.29, 1.82) is 0 Å². The smallest absolute Gasteiger partial charge is 0.133 e. The molecule has 12 heavy (non-hydrogen) atoms. The zero-order valence-corrected chi connectivity index (χ0v) is 9.39. The second-order valence-electron chi connectivity index (χ2n) is 1.86. The van der Waals surface area contributed by atoms with Crippen molar-refractivity contribution in [3.05, 3.63) is 28.7 Å². The first-order valence-corrected chi connectivity index (χ1v) is 5.01. The highest BCUT2D eigenvalue weighted by atomic mass is 79.9. The molecule has 0 heterocycles. The second-order valence-corrected chi connectivity index (χ2v) is 2.72. The maximum Gasteiger partial charge on any atom is 0.133 e. The number of hydrogen-bond donors (Lipinski definition) is 0. The van der Waals surface area contributed by atoms with Gasteiger partial charge in [-0.3, -0.25) is 0 Å².